The third kappa shape index (κ3) is 5.45. The Morgan fingerprint density at radius 3 is 2.44 bits per heavy atom. The fourth-order valence-corrected chi connectivity index (χ4v) is 2.83. The molecule has 1 unspecified atom stereocenters. The van der Waals surface area contributed by atoms with Crippen molar-refractivity contribution in [1.29, 1.82) is 0 Å². The fourth-order valence-electron chi connectivity index (χ4n) is 2.83. The third-order valence-corrected chi connectivity index (χ3v) is 4.07. The van der Waals surface area contributed by atoms with Crippen molar-refractivity contribution >= 4 is 5.97 Å². The molecule has 0 aliphatic rings. The Labute approximate surface area is 159 Å². The van der Waals surface area contributed by atoms with Gasteiger partial charge in [0.25, 0.3) is 0 Å². The number of aryl methyl sites for hydroxylation is 2. The molecular weight excluding hydrogens is 340 g/mol. The predicted octanol–water partition coefficient (Wildman–Crippen LogP) is 4.47. The minimum Gasteiger partial charge on any atom is -0.438 e. The second kappa shape index (κ2) is 9.03. The van der Waals surface area contributed by atoms with E-state index >= 15 is 0 Å². The van der Waals surface area contributed by atoms with Gasteiger partial charge in [0.05, 0.1) is 11.4 Å². The molecule has 5 heteroatoms. The number of nitrogens with zero attached hydrogens (tertiary/aromatic N) is 2. The smallest absolute Gasteiger partial charge is 0.308 e. The summed E-state index contributed by atoms with van der Waals surface area (Å²) in [6.45, 7) is 3.61. The van der Waals surface area contributed by atoms with Crippen LogP contribution < -0.4 is 4.74 Å². The largest absolute Gasteiger partial charge is 0.438 e. The maximum absolute atomic E-state index is 12.1. The summed E-state index contributed by atoms with van der Waals surface area (Å²) >= 11 is 0. The number of esters is 1. The summed E-state index contributed by atoms with van der Waals surface area (Å²) < 4.78 is 12.9. The summed E-state index contributed by atoms with van der Waals surface area (Å²) in [5.74, 6) is 0.282. The maximum Gasteiger partial charge on any atom is 0.308 e. The van der Waals surface area contributed by atoms with Gasteiger partial charge in [-0.2, -0.15) is 5.10 Å². The molecule has 140 valence electrons. The van der Waals surface area contributed by atoms with Gasteiger partial charge in [-0.15, -0.1) is 0 Å². The molecule has 0 N–H and O–H groups in total. The van der Waals surface area contributed by atoms with E-state index in [1.165, 1.54) is 5.56 Å². The van der Waals surface area contributed by atoms with Gasteiger partial charge in [-0.25, -0.2) is 4.68 Å². The van der Waals surface area contributed by atoms with E-state index in [1.807, 2.05) is 61.5 Å². The molecule has 2 aromatic carbocycles. The average Bonchev–Trinajstić information content (AvgIpc) is 3.03. The van der Waals surface area contributed by atoms with Crippen LogP contribution in [0, 0.1) is 6.92 Å². The van der Waals surface area contributed by atoms with Gasteiger partial charge < -0.3 is 9.47 Å². The second-order valence-electron chi connectivity index (χ2n) is 6.39. The molecule has 3 aromatic rings. The second-order valence-corrected chi connectivity index (χ2v) is 6.39. The minimum absolute atomic E-state index is 0.263. The summed E-state index contributed by atoms with van der Waals surface area (Å²) in [5.41, 5.74) is 2.94. The zero-order chi connectivity index (χ0) is 19.1. The van der Waals surface area contributed by atoms with Crippen molar-refractivity contribution in [2.75, 3.05) is 0 Å². The SMILES string of the molecule is Cc1cc(OC(C)OC(=O)CCCc2ccccc2)n(-c2ccccc2)n1. The first-order valence-electron chi connectivity index (χ1n) is 9.14. The summed E-state index contributed by atoms with van der Waals surface area (Å²) in [6.07, 6.45) is 1.27. The number of hydrogen-bond acceptors (Lipinski definition) is 4. The summed E-state index contributed by atoms with van der Waals surface area (Å²) in [6, 6.07) is 21.6. The molecule has 1 aromatic heterocycles. The number of carbonyl (C=O) groups excluding carboxylic acids is 1. The summed E-state index contributed by atoms with van der Waals surface area (Å²) in [4.78, 5) is 12.1. The highest BCUT2D eigenvalue weighted by Gasteiger charge is 2.15. The molecule has 5 nitrogen and oxygen atoms in total. The third-order valence-electron chi connectivity index (χ3n) is 4.07. The quantitative estimate of drug-likeness (QED) is 0.437. The Morgan fingerprint density at radius 1 is 1.07 bits per heavy atom. The van der Waals surface area contributed by atoms with Crippen molar-refractivity contribution in [2.45, 2.75) is 39.4 Å². The van der Waals surface area contributed by atoms with Crippen molar-refractivity contribution in [3.63, 3.8) is 0 Å². The van der Waals surface area contributed by atoms with Gasteiger partial charge in [0.15, 0.2) is 0 Å². The van der Waals surface area contributed by atoms with Crippen LogP contribution in [0.25, 0.3) is 5.69 Å². The van der Waals surface area contributed by atoms with Crippen molar-refractivity contribution in [3.05, 3.63) is 78.0 Å². The molecule has 0 spiro atoms. The molecule has 0 bridgehead atoms. The lowest BCUT2D eigenvalue weighted by Gasteiger charge is -2.16. The summed E-state index contributed by atoms with van der Waals surface area (Å²) in [5, 5.41) is 4.45. The van der Waals surface area contributed by atoms with Crippen molar-refractivity contribution in [2.24, 2.45) is 0 Å². The molecule has 1 heterocycles. The highest BCUT2D eigenvalue weighted by molar-refractivity contribution is 5.69. The van der Waals surface area contributed by atoms with Crippen LogP contribution in [0.2, 0.25) is 0 Å². The average molecular weight is 364 g/mol. The predicted molar refractivity (Wildman–Crippen MR) is 104 cm³/mol. The Balaban J connectivity index is 1.52. The number of ether oxygens (including phenoxy) is 2. The van der Waals surface area contributed by atoms with Crippen LogP contribution in [0.15, 0.2) is 66.7 Å². The molecule has 0 amide bonds. The molecule has 0 radical (unpaired) electrons. The number of carbonyl (C=O) groups is 1. The lowest BCUT2D eigenvalue weighted by Crippen LogP contribution is -2.22. The standard InChI is InChI=1S/C22H24N2O3/c1-17-16-21(24(23-17)20-13-7-4-8-14-20)26-18(2)27-22(25)15-9-12-19-10-5-3-6-11-19/h3-8,10-11,13-14,16,18H,9,12,15H2,1-2H3. The van der Waals surface area contributed by atoms with E-state index in [0.29, 0.717) is 12.3 Å². The molecule has 0 fully saturated rings. The molecule has 0 saturated heterocycles. The molecule has 3 rings (SSSR count). The summed E-state index contributed by atoms with van der Waals surface area (Å²) in [7, 11) is 0. The monoisotopic (exact) mass is 364 g/mol. The van der Waals surface area contributed by atoms with E-state index in [0.717, 1.165) is 24.2 Å². The van der Waals surface area contributed by atoms with Gasteiger partial charge in [-0.05, 0) is 37.5 Å². The zero-order valence-electron chi connectivity index (χ0n) is 15.7. The normalized spacial score (nSPS) is 11.8. The molecular formula is C22H24N2O3. The number of benzene rings is 2. The molecule has 1 atom stereocenters. The van der Waals surface area contributed by atoms with Gasteiger partial charge in [0.1, 0.15) is 0 Å². The van der Waals surface area contributed by atoms with Crippen LogP contribution in [-0.2, 0) is 16.0 Å². The van der Waals surface area contributed by atoms with Crippen molar-refractivity contribution in [3.8, 4) is 11.6 Å². The Hall–Kier alpha value is -3.08. The van der Waals surface area contributed by atoms with Crippen molar-refractivity contribution in [1.82, 2.24) is 9.78 Å². The molecule has 0 aliphatic heterocycles. The lowest BCUT2D eigenvalue weighted by atomic mass is 10.1. The van der Waals surface area contributed by atoms with E-state index in [4.69, 9.17) is 9.47 Å². The Bertz CT molecular complexity index is 860. The fraction of sp³-hybridized carbons (Fsp3) is 0.273. The van der Waals surface area contributed by atoms with Crippen molar-refractivity contribution < 1.29 is 14.3 Å². The van der Waals surface area contributed by atoms with E-state index in [2.05, 4.69) is 17.2 Å². The first-order chi connectivity index (χ1) is 13.1. The zero-order valence-corrected chi connectivity index (χ0v) is 15.7. The Morgan fingerprint density at radius 2 is 1.74 bits per heavy atom. The van der Waals surface area contributed by atoms with E-state index < -0.39 is 6.29 Å². The van der Waals surface area contributed by atoms with Gasteiger partial charge in [0.2, 0.25) is 12.2 Å². The van der Waals surface area contributed by atoms with Crippen LogP contribution in [0.5, 0.6) is 5.88 Å². The van der Waals surface area contributed by atoms with Gasteiger partial charge in [0, 0.05) is 19.4 Å². The number of rotatable bonds is 8. The van der Waals surface area contributed by atoms with Gasteiger partial charge in [-0.1, -0.05) is 48.5 Å². The molecule has 0 aliphatic carbocycles. The van der Waals surface area contributed by atoms with E-state index in [9.17, 15) is 4.79 Å². The molecule has 27 heavy (non-hydrogen) atoms. The van der Waals surface area contributed by atoms with Gasteiger partial charge >= 0.3 is 5.97 Å². The number of hydrogen-bond donors (Lipinski definition) is 0. The van der Waals surface area contributed by atoms with Crippen LogP contribution in [0.1, 0.15) is 31.0 Å². The highest BCUT2D eigenvalue weighted by atomic mass is 16.7. The van der Waals surface area contributed by atoms with Crippen LogP contribution >= 0.6 is 0 Å². The van der Waals surface area contributed by atoms with E-state index in [1.54, 1.807) is 11.6 Å². The lowest BCUT2D eigenvalue weighted by molar-refractivity contribution is -0.161. The van der Waals surface area contributed by atoms with Gasteiger partial charge in [-0.3, -0.25) is 4.79 Å². The Kier molecular flexibility index (Phi) is 6.26. The number of para-hydroxylation sites is 1. The topological polar surface area (TPSA) is 53.4 Å². The first-order valence-corrected chi connectivity index (χ1v) is 9.14. The van der Waals surface area contributed by atoms with Crippen LogP contribution in [0.3, 0.4) is 0 Å². The minimum atomic E-state index is -0.687. The molecule has 0 saturated carbocycles. The first kappa shape index (κ1) is 18.7. The number of aromatic nitrogens is 2. The van der Waals surface area contributed by atoms with Crippen LogP contribution in [0.4, 0.5) is 0 Å². The van der Waals surface area contributed by atoms with E-state index in [-0.39, 0.29) is 5.97 Å². The van der Waals surface area contributed by atoms with Crippen LogP contribution in [-0.4, -0.2) is 22.0 Å². The maximum atomic E-state index is 12.1. The highest BCUT2D eigenvalue weighted by Crippen LogP contribution is 2.20.